The third-order valence-electron chi connectivity index (χ3n) is 7.72. The lowest BCUT2D eigenvalue weighted by Crippen LogP contribution is -2.39. The average molecular weight is 581 g/mol. The van der Waals surface area contributed by atoms with Gasteiger partial charge in [-0.05, 0) is 87.8 Å². The monoisotopic (exact) mass is 580 g/mol. The third kappa shape index (κ3) is 8.00. The van der Waals surface area contributed by atoms with Gasteiger partial charge in [-0.3, -0.25) is 0 Å². The van der Waals surface area contributed by atoms with Crippen molar-refractivity contribution < 1.29 is 38.0 Å². The van der Waals surface area contributed by atoms with Crippen molar-refractivity contribution in [2.24, 2.45) is 5.92 Å². The van der Waals surface area contributed by atoms with Crippen molar-refractivity contribution in [1.29, 1.82) is 0 Å². The highest BCUT2D eigenvalue weighted by Gasteiger charge is 2.46. The van der Waals surface area contributed by atoms with Crippen LogP contribution in [0.25, 0.3) is 6.08 Å². The summed E-state index contributed by atoms with van der Waals surface area (Å²) in [5.41, 5.74) is 2.32. The molecule has 4 rings (SSSR count). The van der Waals surface area contributed by atoms with Crippen molar-refractivity contribution in [3.05, 3.63) is 70.8 Å². The van der Waals surface area contributed by atoms with Crippen molar-refractivity contribution >= 4 is 18.0 Å². The summed E-state index contributed by atoms with van der Waals surface area (Å²) >= 11 is 0. The topological polar surface area (TPSA) is 89.5 Å². The molecule has 0 aromatic heterocycles. The summed E-state index contributed by atoms with van der Waals surface area (Å²) < 4.78 is 36.2. The lowest BCUT2D eigenvalue weighted by Gasteiger charge is -2.29. The minimum absolute atomic E-state index is 0.0133. The molecule has 5 atom stereocenters. The van der Waals surface area contributed by atoms with Crippen LogP contribution in [0.15, 0.2) is 48.5 Å². The molecule has 2 aliphatic heterocycles. The van der Waals surface area contributed by atoms with E-state index in [0.29, 0.717) is 53.9 Å². The first kappa shape index (κ1) is 31.7. The van der Waals surface area contributed by atoms with Crippen molar-refractivity contribution in [2.45, 2.75) is 97.1 Å². The predicted octanol–water partition coefficient (Wildman–Crippen LogP) is 6.75. The second-order valence-corrected chi connectivity index (χ2v) is 11.6. The van der Waals surface area contributed by atoms with E-state index >= 15 is 0 Å². The number of benzene rings is 2. The van der Waals surface area contributed by atoms with Crippen molar-refractivity contribution in [3.63, 3.8) is 0 Å². The molecule has 1 fully saturated rings. The molecule has 2 aromatic rings. The number of carbonyl (C=O) groups is 2. The van der Waals surface area contributed by atoms with Crippen LogP contribution in [0.4, 0.5) is 0 Å². The lowest BCUT2D eigenvalue weighted by molar-refractivity contribution is -0.156. The Bertz CT molecular complexity index is 1240. The number of hydrogen-bond donors (Lipinski definition) is 0. The molecule has 0 amide bonds. The molecule has 2 heterocycles. The van der Waals surface area contributed by atoms with Crippen LogP contribution < -0.4 is 4.74 Å². The molecule has 0 saturated carbocycles. The normalized spacial score (nSPS) is 26.7. The van der Waals surface area contributed by atoms with Gasteiger partial charge in [-0.1, -0.05) is 44.2 Å². The molecule has 2 aliphatic rings. The molecule has 1 unspecified atom stereocenters. The van der Waals surface area contributed by atoms with E-state index in [1.54, 1.807) is 19.2 Å². The Balaban J connectivity index is 1.72. The zero-order chi connectivity index (χ0) is 30.3. The summed E-state index contributed by atoms with van der Waals surface area (Å²) in [7, 11) is 1.60. The Hall–Kier alpha value is -3.20. The number of rotatable bonds is 7. The van der Waals surface area contributed by atoms with Crippen LogP contribution in [0.5, 0.6) is 5.75 Å². The van der Waals surface area contributed by atoms with E-state index in [-0.39, 0.29) is 24.7 Å². The second kappa shape index (κ2) is 14.3. The quantitative estimate of drug-likeness (QED) is 0.333. The SMILES string of the molecule is CCCOc1cc2c(c(COC)c1)C(=O)O[C@@H](C)[C@H](C)CCC(OC(=O)c1ccccc1)[C@H]1OC(C)(C)O[C@H]1C/C=C/2. The van der Waals surface area contributed by atoms with E-state index in [1.165, 1.54) is 0 Å². The maximum atomic E-state index is 13.6. The summed E-state index contributed by atoms with van der Waals surface area (Å²) in [5.74, 6) is -1.02. The fraction of sp³-hybridized carbons (Fsp3) is 0.529. The van der Waals surface area contributed by atoms with Gasteiger partial charge in [0.15, 0.2) is 5.79 Å². The molecule has 228 valence electrons. The zero-order valence-electron chi connectivity index (χ0n) is 25.6. The Kier molecular flexibility index (Phi) is 10.8. The molecular weight excluding hydrogens is 536 g/mol. The van der Waals surface area contributed by atoms with E-state index < -0.39 is 29.9 Å². The summed E-state index contributed by atoms with van der Waals surface area (Å²) in [6, 6.07) is 12.7. The summed E-state index contributed by atoms with van der Waals surface area (Å²) in [5, 5.41) is 0. The summed E-state index contributed by atoms with van der Waals surface area (Å²) in [4.78, 5) is 26.8. The Labute approximate surface area is 249 Å². The van der Waals surface area contributed by atoms with Crippen LogP contribution in [0.1, 0.15) is 92.1 Å². The van der Waals surface area contributed by atoms with Crippen LogP contribution in [0.2, 0.25) is 0 Å². The van der Waals surface area contributed by atoms with E-state index in [4.69, 9.17) is 28.4 Å². The van der Waals surface area contributed by atoms with E-state index in [1.807, 2.05) is 77.1 Å². The first-order valence-electron chi connectivity index (χ1n) is 14.9. The van der Waals surface area contributed by atoms with Gasteiger partial charge in [0.25, 0.3) is 0 Å². The predicted molar refractivity (Wildman–Crippen MR) is 159 cm³/mol. The van der Waals surface area contributed by atoms with E-state index in [0.717, 1.165) is 6.42 Å². The van der Waals surface area contributed by atoms with Crippen LogP contribution in [-0.2, 0) is 30.3 Å². The van der Waals surface area contributed by atoms with E-state index in [2.05, 4.69) is 0 Å². The van der Waals surface area contributed by atoms with Crippen LogP contribution in [-0.4, -0.2) is 55.9 Å². The van der Waals surface area contributed by atoms with Gasteiger partial charge in [-0.15, -0.1) is 0 Å². The van der Waals surface area contributed by atoms with Gasteiger partial charge in [0.2, 0.25) is 0 Å². The number of ether oxygens (including phenoxy) is 6. The number of carbonyl (C=O) groups excluding carboxylic acids is 2. The minimum atomic E-state index is -0.850. The molecule has 0 aliphatic carbocycles. The Morgan fingerprint density at radius 2 is 1.83 bits per heavy atom. The third-order valence-corrected chi connectivity index (χ3v) is 7.72. The first-order chi connectivity index (χ1) is 20.1. The van der Waals surface area contributed by atoms with Crippen molar-refractivity contribution in [3.8, 4) is 5.75 Å². The van der Waals surface area contributed by atoms with Gasteiger partial charge in [-0.2, -0.15) is 0 Å². The molecule has 2 aromatic carbocycles. The van der Waals surface area contributed by atoms with Gasteiger partial charge < -0.3 is 28.4 Å². The Morgan fingerprint density at radius 1 is 1.07 bits per heavy atom. The van der Waals surface area contributed by atoms with Gasteiger partial charge in [0, 0.05) is 7.11 Å². The molecule has 0 bridgehead atoms. The molecule has 0 spiro atoms. The number of cyclic esters (lactones) is 1. The van der Waals surface area contributed by atoms with Crippen molar-refractivity contribution in [2.75, 3.05) is 13.7 Å². The van der Waals surface area contributed by atoms with Gasteiger partial charge in [-0.25, -0.2) is 9.59 Å². The highest BCUT2D eigenvalue weighted by atomic mass is 16.8. The van der Waals surface area contributed by atoms with Crippen LogP contribution in [0.3, 0.4) is 0 Å². The van der Waals surface area contributed by atoms with E-state index in [9.17, 15) is 9.59 Å². The maximum Gasteiger partial charge on any atom is 0.339 e. The number of methoxy groups -OCH3 is 1. The average Bonchev–Trinajstić information content (AvgIpc) is 3.27. The molecule has 0 N–H and O–H groups in total. The molecule has 8 heteroatoms. The van der Waals surface area contributed by atoms with Gasteiger partial charge >= 0.3 is 11.9 Å². The highest BCUT2D eigenvalue weighted by Crippen LogP contribution is 2.36. The summed E-state index contributed by atoms with van der Waals surface area (Å²) in [6.45, 7) is 10.5. The Morgan fingerprint density at radius 3 is 2.55 bits per heavy atom. The minimum Gasteiger partial charge on any atom is -0.494 e. The lowest BCUT2D eigenvalue weighted by atomic mass is 9.93. The van der Waals surface area contributed by atoms with Crippen LogP contribution in [0, 0.1) is 5.92 Å². The smallest absolute Gasteiger partial charge is 0.339 e. The molecular formula is C34H44O8. The van der Waals surface area contributed by atoms with Crippen LogP contribution >= 0.6 is 0 Å². The second-order valence-electron chi connectivity index (χ2n) is 11.6. The maximum absolute atomic E-state index is 13.6. The first-order valence-corrected chi connectivity index (χ1v) is 14.9. The fourth-order valence-electron chi connectivity index (χ4n) is 5.41. The van der Waals surface area contributed by atoms with Crippen molar-refractivity contribution in [1.82, 2.24) is 0 Å². The molecule has 1 saturated heterocycles. The standard InChI is InChI=1S/C34H44O8/c1-7-18-38-27-19-25-14-11-15-29-31(42-34(4,5)41-29)28(40-32(35)24-12-9-8-10-13-24)17-16-22(2)23(3)39-33(36)30(25)26(20-27)21-37-6/h8-14,19-20,22-23,28-29,31H,7,15-18,21H2,1-6H3/b14-11+/t22-,23+,28?,29+,31-/m1/s1. The van der Waals surface area contributed by atoms with Gasteiger partial charge in [0.1, 0.15) is 24.1 Å². The van der Waals surface area contributed by atoms with Gasteiger partial charge in [0.05, 0.1) is 30.4 Å². The number of fused-ring (bicyclic) bond motifs is 2. The zero-order valence-corrected chi connectivity index (χ0v) is 25.6. The number of hydrogen-bond acceptors (Lipinski definition) is 8. The molecule has 42 heavy (non-hydrogen) atoms. The summed E-state index contributed by atoms with van der Waals surface area (Å²) in [6.07, 6.45) is 4.57. The fourth-order valence-corrected chi connectivity index (χ4v) is 5.41. The molecule has 8 nitrogen and oxygen atoms in total. The number of esters is 2. The largest absolute Gasteiger partial charge is 0.494 e. The molecule has 0 radical (unpaired) electrons. The highest BCUT2D eigenvalue weighted by molar-refractivity contribution is 5.96.